The Hall–Kier alpha value is -2.47. The summed E-state index contributed by atoms with van der Waals surface area (Å²) in [5.74, 6) is 1.01. The molecule has 120 valence electrons. The summed E-state index contributed by atoms with van der Waals surface area (Å²) < 4.78 is 5.03. The van der Waals surface area contributed by atoms with Crippen LogP contribution < -0.4 is 10.6 Å². The lowest BCUT2D eigenvalue weighted by Crippen LogP contribution is -2.26. The average Bonchev–Trinajstić information content (AvgIpc) is 3.39. The minimum absolute atomic E-state index is 0.151. The van der Waals surface area contributed by atoms with Crippen LogP contribution in [0.2, 0.25) is 0 Å². The number of nitrogens with zero attached hydrogens (tertiary/aromatic N) is 2. The molecule has 1 aliphatic rings. The Balaban J connectivity index is 1.87. The van der Waals surface area contributed by atoms with Gasteiger partial charge in [0.1, 0.15) is 11.5 Å². The van der Waals surface area contributed by atoms with Crippen molar-refractivity contribution >= 4 is 11.7 Å². The first-order valence-electron chi connectivity index (χ1n) is 7.74. The van der Waals surface area contributed by atoms with Gasteiger partial charge in [-0.3, -0.25) is 4.79 Å². The molecule has 0 saturated heterocycles. The van der Waals surface area contributed by atoms with E-state index in [-0.39, 0.29) is 5.91 Å². The largest absolute Gasteiger partial charge is 0.383 e. The van der Waals surface area contributed by atoms with Gasteiger partial charge in [0, 0.05) is 31.3 Å². The maximum absolute atomic E-state index is 12.3. The van der Waals surface area contributed by atoms with E-state index in [1.54, 1.807) is 13.2 Å². The van der Waals surface area contributed by atoms with E-state index in [2.05, 4.69) is 20.6 Å². The Morgan fingerprint density at radius 2 is 2.04 bits per heavy atom. The van der Waals surface area contributed by atoms with Crippen molar-refractivity contribution in [3.8, 4) is 11.4 Å². The number of methoxy groups -OCH3 is 1. The van der Waals surface area contributed by atoms with Crippen molar-refractivity contribution in [2.75, 3.05) is 25.6 Å². The molecule has 0 unspecified atom stereocenters. The molecule has 6 nitrogen and oxygen atoms in total. The molecule has 1 fully saturated rings. The van der Waals surface area contributed by atoms with Gasteiger partial charge in [-0.05, 0) is 12.8 Å². The first-order chi connectivity index (χ1) is 11.3. The van der Waals surface area contributed by atoms with Crippen molar-refractivity contribution in [3.63, 3.8) is 0 Å². The lowest BCUT2D eigenvalue weighted by molar-refractivity contribution is 0.0946. The van der Waals surface area contributed by atoms with Crippen LogP contribution in [0.15, 0.2) is 36.4 Å². The predicted molar refractivity (Wildman–Crippen MR) is 88.3 cm³/mol. The van der Waals surface area contributed by atoms with Gasteiger partial charge in [-0.25, -0.2) is 9.97 Å². The monoisotopic (exact) mass is 312 g/mol. The summed E-state index contributed by atoms with van der Waals surface area (Å²) >= 11 is 0. The molecule has 3 rings (SSSR count). The minimum Gasteiger partial charge on any atom is -0.383 e. The van der Waals surface area contributed by atoms with Crippen LogP contribution in [0.25, 0.3) is 11.4 Å². The van der Waals surface area contributed by atoms with Crippen LogP contribution in [0.3, 0.4) is 0 Å². The quantitative estimate of drug-likeness (QED) is 0.766. The van der Waals surface area contributed by atoms with E-state index in [0.29, 0.717) is 36.5 Å². The molecule has 0 bridgehead atoms. The third-order valence-electron chi connectivity index (χ3n) is 3.52. The van der Waals surface area contributed by atoms with E-state index >= 15 is 0 Å². The van der Waals surface area contributed by atoms with E-state index < -0.39 is 0 Å². The number of nitrogens with one attached hydrogen (secondary N) is 2. The van der Waals surface area contributed by atoms with E-state index in [4.69, 9.17) is 4.74 Å². The molecule has 2 N–H and O–H groups in total. The summed E-state index contributed by atoms with van der Waals surface area (Å²) in [7, 11) is 1.64. The topological polar surface area (TPSA) is 76.1 Å². The standard InChI is InChI=1S/C17H20N4O2/c1-23-10-9-18-15-11-14(17(22)19-13-7-8-13)20-16(21-15)12-5-3-2-4-6-12/h2-6,11,13H,7-10H2,1H3,(H,19,22)(H,18,20,21). The zero-order valence-corrected chi connectivity index (χ0v) is 13.1. The van der Waals surface area contributed by atoms with Crippen LogP contribution in [0.4, 0.5) is 5.82 Å². The van der Waals surface area contributed by atoms with Crippen LogP contribution in [-0.2, 0) is 4.74 Å². The molecule has 1 amide bonds. The number of benzene rings is 1. The van der Waals surface area contributed by atoms with Gasteiger partial charge in [0.15, 0.2) is 5.82 Å². The highest BCUT2D eigenvalue weighted by atomic mass is 16.5. The van der Waals surface area contributed by atoms with Gasteiger partial charge in [-0.2, -0.15) is 0 Å². The van der Waals surface area contributed by atoms with Crippen molar-refractivity contribution in [3.05, 3.63) is 42.1 Å². The number of anilines is 1. The number of rotatable bonds is 7. The van der Waals surface area contributed by atoms with E-state index in [1.807, 2.05) is 30.3 Å². The zero-order chi connectivity index (χ0) is 16.1. The lowest BCUT2D eigenvalue weighted by atomic mass is 10.2. The first-order valence-corrected chi connectivity index (χ1v) is 7.74. The fourth-order valence-electron chi connectivity index (χ4n) is 2.14. The molecule has 0 radical (unpaired) electrons. The summed E-state index contributed by atoms with van der Waals surface area (Å²) in [6.07, 6.45) is 2.09. The first kappa shape index (κ1) is 15.4. The smallest absolute Gasteiger partial charge is 0.270 e. The summed E-state index contributed by atoms with van der Waals surface area (Å²) in [4.78, 5) is 21.2. The van der Waals surface area contributed by atoms with Crippen LogP contribution in [-0.4, -0.2) is 42.2 Å². The Morgan fingerprint density at radius 1 is 1.26 bits per heavy atom. The number of hydrogen-bond acceptors (Lipinski definition) is 5. The number of amides is 1. The highest BCUT2D eigenvalue weighted by Gasteiger charge is 2.25. The molecule has 1 aromatic heterocycles. The maximum atomic E-state index is 12.3. The van der Waals surface area contributed by atoms with Crippen molar-refractivity contribution in [2.45, 2.75) is 18.9 Å². The molecule has 1 saturated carbocycles. The second kappa shape index (κ2) is 7.19. The van der Waals surface area contributed by atoms with Crippen LogP contribution >= 0.6 is 0 Å². The average molecular weight is 312 g/mol. The molecular weight excluding hydrogens is 292 g/mol. The van der Waals surface area contributed by atoms with Crippen molar-refractivity contribution < 1.29 is 9.53 Å². The molecule has 2 aromatic rings. The van der Waals surface area contributed by atoms with Crippen molar-refractivity contribution in [1.82, 2.24) is 15.3 Å². The SMILES string of the molecule is COCCNc1cc(C(=O)NC2CC2)nc(-c2ccccc2)n1. The third-order valence-corrected chi connectivity index (χ3v) is 3.52. The molecule has 1 heterocycles. The number of carbonyl (C=O) groups is 1. The molecule has 0 spiro atoms. The molecule has 0 aliphatic heterocycles. The predicted octanol–water partition coefficient (Wildman–Crippen LogP) is 2.09. The van der Waals surface area contributed by atoms with Crippen molar-refractivity contribution in [1.29, 1.82) is 0 Å². The van der Waals surface area contributed by atoms with Crippen LogP contribution in [0, 0.1) is 0 Å². The summed E-state index contributed by atoms with van der Waals surface area (Å²) in [6, 6.07) is 11.6. The zero-order valence-electron chi connectivity index (χ0n) is 13.1. The Labute approximate surface area is 135 Å². The highest BCUT2D eigenvalue weighted by molar-refractivity contribution is 5.93. The summed E-state index contributed by atoms with van der Waals surface area (Å²) in [6.45, 7) is 1.18. The lowest BCUT2D eigenvalue weighted by Gasteiger charge is -2.10. The Kier molecular flexibility index (Phi) is 4.83. The Morgan fingerprint density at radius 3 is 2.74 bits per heavy atom. The minimum atomic E-state index is -0.151. The second-order valence-electron chi connectivity index (χ2n) is 5.50. The van der Waals surface area contributed by atoms with Gasteiger partial charge < -0.3 is 15.4 Å². The van der Waals surface area contributed by atoms with Gasteiger partial charge in [0.25, 0.3) is 5.91 Å². The highest BCUT2D eigenvalue weighted by Crippen LogP contribution is 2.21. The summed E-state index contributed by atoms with van der Waals surface area (Å²) in [5, 5.41) is 6.13. The molecule has 1 aromatic carbocycles. The number of ether oxygens (including phenoxy) is 1. The van der Waals surface area contributed by atoms with E-state index in [1.165, 1.54) is 0 Å². The van der Waals surface area contributed by atoms with Crippen LogP contribution in [0.5, 0.6) is 0 Å². The van der Waals surface area contributed by atoms with Gasteiger partial charge in [0.05, 0.1) is 6.61 Å². The molecule has 0 atom stereocenters. The normalized spacial score (nSPS) is 13.6. The van der Waals surface area contributed by atoms with Gasteiger partial charge >= 0.3 is 0 Å². The van der Waals surface area contributed by atoms with Crippen LogP contribution in [0.1, 0.15) is 23.3 Å². The molecule has 23 heavy (non-hydrogen) atoms. The fraction of sp³-hybridized carbons (Fsp3) is 0.353. The molecule has 1 aliphatic carbocycles. The van der Waals surface area contributed by atoms with Gasteiger partial charge in [-0.15, -0.1) is 0 Å². The molecular formula is C17H20N4O2. The Bertz CT molecular complexity index is 672. The number of hydrogen-bond donors (Lipinski definition) is 2. The van der Waals surface area contributed by atoms with Gasteiger partial charge in [-0.1, -0.05) is 30.3 Å². The summed E-state index contributed by atoms with van der Waals surface area (Å²) in [5.41, 5.74) is 1.26. The molecule has 6 heteroatoms. The van der Waals surface area contributed by atoms with Gasteiger partial charge in [0.2, 0.25) is 0 Å². The fourth-order valence-corrected chi connectivity index (χ4v) is 2.14. The van der Waals surface area contributed by atoms with Crippen molar-refractivity contribution in [2.24, 2.45) is 0 Å². The van der Waals surface area contributed by atoms with E-state index in [0.717, 1.165) is 18.4 Å². The maximum Gasteiger partial charge on any atom is 0.270 e. The number of carbonyl (C=O) groups excluding carboxylic acids is 1. The van der Waals surface area contributed by atoms with E-state index in [9.17, 15) is 4.79 Å². The number of aromatic nitrogens is 2. The second-order valence-corrected chi connectivity index (χ2v) is 5.50. The third kappa shape index (κ3) is 4.26.